The number of hydrogen-bond donors (Lipinski definition) is 2. The smallest absolute Gasteiger partial charge is 0.387 e. The van der Waals surface area contributed by atoms with Crippen LogP contribution in [0.5, 0.6) is 5.75 Å². The van der Waals surface area contributed by atoms with E-state index in [1.54, 1.807) is 0 Å². The second kappa shape index (κ2) is 10.6. The van der Waals surface area contributed by atoms with Crippen LogP contribution in [0.25, 0.3) is 32.3 Å². The highest BCUT2D eigenvalue weighted by Gasteiger charge is 2.16. The highest BCUT2D eigenvalue weighted by Crippen LogP contribution is 2.38. The van der Waals surface area contributed by atoms with Gasteiger partial charge in [-0.2, -0.15) is 8.78 Å². The molecule has 1 atom stereocenters. The van der Waals surface area contributed by atoms with Gasteiger partial charge < -0.3 is 14.9 Å². The number of hydrogen-bond acceptors (Lipinski definition) is 3. The molecule has 5 rings (SSSR count). The molecule has 5 aromatic rings. The lowest BCUT2D eigenvalue weighted by atomic mass is 9.87. The maximum Gasteiger partial charge on any atom is 0.387 e. The second-order valence-electron chi connectivity index (χ2n) is 8.60. The van der Waals surface area contributed by atoms with E-state index in [2.05, 4.69) is 59.3 Å². The van der Waals surface area contributed by atoms with Crippen molar-refractivity contribution in [3.05, 3.63) is 90.0 Å². The first-order chi connectivity index (χ1) is 17.2. The third-order valence-corrected chi connectivity index (χ3v) is 6.08. The molecule has 0 aliphatic heterocycles. The molecule has 0 heterocycles. The van der Waals surface area contributed by atoms with Crippen LogP contribution in [0.3, 0.4) is 0 Å². The summed E-state index contributed by atoms with van der Waals surface area (Å²) in [7, 11) is 0. The number of rotatable bonds is 7. The summed E-state index contributed by atoms with van der Waals surface area (Å²) in [6.45, 7) is -0.874. The van der Waals surface area contributed by atoms with Crippen molar-refractivity contribution in [1.82, 2.24) is 0 Å². The lowest BCUT2D eigenvalue weighted by Crippen LogP contribution is -2.03. The van der Waals surface area contributed by atoms with Gasteiger partial charge in [0.1, 0.15) is 5.75 Å². The zero-order valence-electron chi connectivity index (χ0n) is 19.4. The van der Waals surface area contributed by atoms with Crippen molar-refractivity contribution in [2.45, 2.75) is 32.3 Å². The molecule has 0 saturated carbocycles. The van der Waals surface area contributed by atoms with E-state index >= 15 is 0 Å². The maximum absolute atomic E-state index is 11.7. The molecule has 7 heteroatoms. The molecule has 0 aliphatic carbocycles. The van der Waals surface area contributed by atoms with Crippen molar-refractivity contribution in [1.29, 1.82) is 0 Å². The SMILES string of the molecule is CC(CC(=O)O)c1ccc2ccc3cccc4ccc1c2c34.O=C(O)Cc1ccc(OC(F)F)cc1. The van der Waals surface area contributed by atoms with Crippen LogP contribution in [0.2, 0.25) is 0 Å². The van der Waals surface area contributed by atoms with Crippen LogP contribution in [0.4, 0.5) is 8.78 Å². The summed E-state index contributed by atoms with van der Waals surface area (Å²) in [4.78, 5) is 21.3. The quantitative estimate of drug-likeness (QED) is 0.238. The predicted octanol–water partition coefficient (Wildman–Crippen LogP) is 7.08. The average molecular weight is 491 g/mol. The summed E-state index contributed by atoms with van der Waals surface area (Å²) >= 11 is 0. The van der Waals surface area contributed by atoms with E-state index in [1.807, 2.05) is 6.92 Å². The summed E-state index contributed by atoms with van der Waals surface area (Å²) < 4.78 is 27.5. The third-order valence-electron chi connectivity index (χ3n) is 6.08. The molecule has 0 saturated heterocycles. The molecule has 0 bridgehead atoms. The van der Waals surface area contributed by atoms with Crippen molar-refractivity contribution in [3.63, 3.8) is 0 Å². The number of carboxylic acid groups (broad SMARTS) is 2. The fraction of sp³-hybridized carbons (Fsp3) is 0.172. The summed E-state index contributed by atoms with van der Waals surface area (Å²) in [6, 6.07) is 24.6. The first kappa shape index (κ1) is 24.9. The second-order valence-corrected chi connectivity index (χ2v) is 8.60. The molecular weight excluding hydrogens is 466 g/mol. The number of benzene rings is 5. The molecule has 0 fully saturated rings. The fourth-order valence-corrected chi connectivity index (χ4v) is 4.52. The van der Waals surface area contributed by atoms with E-state index in [0.717, 1.165) is 5.56 Å². The van der Waals surface area contributed by atoms with Gasteiger partial charge in [-0.05, 0) is 61.5 Å². The molecule has 5 aromatic carbocycles. The Bertz CT molecular complexity index is 1500. The van der Waals surface area contributed by atoms with Crippen LogP contribution in [0, 0.1) is 0 Å². The molecule has 1 unspecified atom stereocenters. The first-order valence-corrected chi connectivity index (χ1v) is 11.4. The van der Waals surface area contributed by atoms with E-state index in [4.69, 9.17) is 10.2 Å². The lowest BCUT2D eigenvalue weighted by Gasteiger charge is -2.17. The van der Waals surface area contributed by atoms with E-state index in [0.29, 0.717) is 5.56 Å². The number of ether oxygens (including phenoxy) is 1. The monoisotopic (exact) mass is 490 g/mol. The Labute approximate surface area is 205 Å². The summed E-state index contributed by atoms with van der Waals surface area (Å²) in [6.07, 6.45) is 0.0267. The largest absolute Gasteiger partial charge is 0.481 e. The Morgan fingerprint density at radius 1 is 0.778 bits per heavy atom. The first-order valence-electron chi connectivity index (χ1n) is 11.4. The number of aliphatic carboxylic acids is 2. The highest BCUT2D eigenvalue weighted by molar-refractivity contribution is 6.23. The van der Waals surface area contributed by atoms with Crippen LogP contribution in [-0.2, 0) is 16.0 Å². The minimum atomic E-state index is -2.86. The van der Waals surface area contributed by atoms with E-state index in [1.165, 1.54) is 56.6 Å². The summed E-state index contributed by atoms with van der Waals surface area (Å²) in [5, 5.41) is 24.9. The van der Waals surface area contributed by atoms with Gasteiger partial charge in [0.15, 0.2) is 0 Å². The molecule has 0 spiro atoms. The Balaban J connectivity index is 0.000000189. The highest BCUT2D eigenvalue weighted by atomic mass is 19.3. The van der Waals surface area contributed by atoms with Gasteiger partial charge >= 0.3 is 18.6 Å². The molecule has 184 valence electrons. The van der Waals surface area contributed by atoms with Crippen LogP contribution in [-0.4, -0.2) is 28.8 Å². The Morgan fingerprint density at radius 3 is 1.94 bits per heavy atom. The molecule has 0 aliphatic rings. The van der Waals surface area contributed by atoms with Crippen molar-refractivity contribution in [2.75, 3.05) is 0 Å². The molecular formula is C29H24F2O5. The fourth-order valence-electron chi connectivity index (χ4n) is 4.52. The van der Waals surface area contributed by atoms with E-state index in [9.17, 15) is 18.4 Å². The molecule has 0 radical (unpaired) electrons. The minimum absolute atomic E-state index is 0.00192. The van der Waals surface area contributed by atoms with Crippen molar-refractivity contribution < 1.29 is 33.3 Å². The zero-order valence-corrected chi connectivity index (χ0v) is 19.4. The predicted molar refractivity (Wildman–Crippen MR) is 135 cm³/mol. The number of carboxylic acids is 2. The van der Waals surface area contributed by atoms with Crippen LogP contribution >= 0.6 is 0 Å². The van der Waals surface area contributed by atoms with Gasteiger partial charge in [-0.1, -0.05) is 73.7 Å². The van der Waals surface area contributed by atoms with Gasteiger partial charge in [-0.15, -0.1) is 0 Å². The van der Waals surface area contributed by atoms with Gasteiger partial charge in [0.25, 0.3) is 0 Å². The molecule has 5 nitrogen and oxygen atoms in total. The molecule has 36 heavy (non-hydrogen) atoms. The van der Waals surface area contributed by atoms with Crippen LogP contribution in [0.15, 0.2) is 78.9 Å². The van der Waals surface area contributed by atoms with Gasteiger partial charge in [0.2, 0.25) is 0 Å². The average Bonchev–Trinajstić information content (AvgIpc) is 2.83. The third kappa shape index (κ3) is 5.51. The van der Waals surface area contributed by atoms with Crippen molar-refractivity contribution >= 4 is 44.3 Å². The molecule has 0 aromatic heterocycles. The number of alkyl halides is 2. The van der Waals surface area contributed by atoms with Gasteiger partial charge in [-0.25, -0.2) is 0 Å². The zero-order chi connectivity index (χ0) is 25.8. The standard InChI is InChI=1S/C20H16O2.C9H8F2O3/c1-12(11-18(21)22)16-9-7-15-6-5-13-3-2-4-14-8-10-17(16)20(15)19(13)14;10-9(11)14-7-3-1-6(2-4-7)5-8(12)13/h2-10,12H,11H2,1H3,(H,21,22);1-4,9H,5H2,(H,12,13). The van der Waals surface area contributed by atoms with Crippen molar-refractivity contribution in [2.24, 2.45) is 0 Å². The maximum atomic E-state index is 11.7. The number of carbonyl (C=O) groups is 2. The van der Waals surface area contributed by atoms with Crippen LogP contribution in [0.1, 0.15) is 30.4 Å². The Hall–Kier alpha value is -4.26. The van der Waals surface area contributed by atoms with E-state index in [-0.39, 0.29) is 24.5 Å². The van der Waals surface area contributed by atoms with Gasteiger partial charge in [0.05, 0.1) is 12.8 Å². The van der Waals surface area contributed by atoms with Crippen LogP contribution < -0.4 is 4.74 Å². The summed E-state index contributed by atoms with van der Waals surface area (Å²) in [5.41, 5.74) is 1.66. The summed E-state index contributed by atoms with van der Waals surface area (Å²) in [5.74, 6) is -1.69. The van der Waals surface area contributed by atoms with Gasteiger partial charge in [-0.3, -0.25) is 9.59 Å². The number of halogens is 2. The lowest BCUT2D eigenvalue weighted by molar-refractivity contribution is -0.138. The Kier molecular flexibility index (Phi) is 7.29. The normalized spacial score (nSPS) is 12.0. The van der Waals surface area contributed by atoms with Gasteiger partial charge in [0, 0.05) is 0 Å². The molecule has 0 amide bonds. The Morgan fingerprint density at radius 2 is 1.36 bits per heavy atom. The van der Waals surface area contributed by atoms with Crippen molar-refractivity contribution in [3.8, 4) is 5.75 Å². The topological polar surface area (TPSA) is 83.8 Å². The minimum Gasteiger partial charge on any atom is -0.481 e. The molecule has 2 N–H and O–H groups in total. The van der Waals surface area contributed by atoms with E-state index < -0.39 is 18.6 Å².